The Morgan fingerprint density at radius 2 is 1.73 bits per heavy atom. The summed E-state index contributed by atoms with van der Waals surface area (Å²) in [6.07, 6.45) is 3.05. The van der Waals surface area contributed by atoms with Crippen molar-refractivity contribution in [2.24, 2.45) is 0 Å². The monoisotopic (exact) mass is 423 g/mol. The minimum Gasteiger partial charge on any atom is -0.341 e. The van der Waals surface area contributed by atoms with Crippen molar-refractivity contribution < 1.29 is 14.4 Å². The number of rotatable bonds is 4. The zero-order chi connectivity index (χ0) is 21.1. The molecule has 0 spiro atoms. The fourth-order valence-electron chi connectivity index (χ4n) is 3.86. The van der Waals surface area contributed by atoms with E-state index < -0.39 is 5.25 Å². The van der Waals surface area contributed by atoms with Gasteiger partial charge in [0.05, 0.1) is 5.69 Å². The van der Waals surface area contributed by atoms with Gasteiger partial charge in [0.15, 0.2) is 5.25 Å². The van der Waals surface area contributed by atoms with Crippen molar-refractivity contribution in [1.82, 2.24) is 4.90 Å². The molecule has 2 aliphatic rings. The van der Waals surface area contributed by atoms with Gasteiger partial charge in [-0.25, -0.2) is 0 Å². The number of hydrogen-bond donors (Lipinski definition) is 1. The first-order chi connectivity index (χ1) is 14.5. The fourth-order valence-corrected chi connectivity index (χ4v) is 5.05. The van der Waals surface area contributed by atoms with Crippen molar-refractivity contribution >= 4 is 40.9 Å². The number of hydrogen-bond acceptors (Lipinski definition) is 4. The van der Waals surface area contributed by atoms with Crippen LogP contribution in [0, 0.1) is 6.92 Å². The molecule has 1 fully saturated rings. The van der Waals surface area contributed by atoms with Crippen molar-refractivity contribution in [3.8, 4) is 0 Å². The second kappa shape index (κ2) is 8.92. The van der Waals surface area contributed by atoms with E-state index in [1.54, 1.807) is 4.90 Å². The van der Waals surface area contributed by atoms with Crippen molar-refractivity contribution in [3.05, 3.63) is 54.1 Å². The first-order valence-corrected chi connectivity index (χ1v) is 11.1. The summed E-state index contributed by atoms with van der Waals surface area (Å²) < 4.78 is 0. The molecule has 0 bridgehead atoms. The first-order valence-electron chi connectivity index (χ1n) is 10.3. The number of piperidine rings is 1. The van der Waals surface area contributed by atoms with Crippen molar-refractivity contribution in [2.45, 2.75) is 36.3 Å². The van der Waals surface area contributed by atoms with Crippen LogP contribution in [-0.4, -0.2) is 47.5 Å². The molecule has 7 heteroatoms. The number of carbonyl (C=O) groups excluding carboxylic acids is 3. The minimum absolute atomic E-state index is 0.130. The number of nitrogens with one attached hydrogen (secondary N) is 1. The van der Waals surface area contributed by atoms with Gasteiger partial charge >= 0.3 is 0 Å². The summed E-state index contributed by atoms with van der Waals surface area (Å²) in [5.74, 6) is -0.763. The molecule has 4 rings (SSSR count). The summed E-state index contributed by atoms with van der Waals surface area (Å²) in [4.78, 5) is 43.2. The second-order valence-electron chi connectivity index (χ2n) is 7.64. The summed E-state index contributed by atoms with van der Waals surface area (Å²) >= 11 is 1.29. The van der Waals surface area contributed by atoms with Gasteiger partial charge in [-0.1, -0.05) is 30.3 Å². The number of nitrogens with zero attached hydrogens (tertiary/aromatic N) is 2. The Balaban J connectivity index is 1.56. The number of carbonyl (C=O) groups is 3. The Bertz CT molecular complexity index is 972. The molecule has 6 nitrogen and oxygen atoms in total. The van der Waals surface area contributed by atoms with Crippen LogP contribution < -0.4 is 10.2 Å². The van der Waals surface area contributed by atoms with Crippen LogP contribution in [0.3, 0.4) is 0 Å². The predicted molar refractivity (Wildman–Crippen MR) is 119 cm³/mol. The molecule has 1 atom stereocenters. The number of para-hydroxylation sites is 2. The third-order valence-corrected chi connectivity index (χ3v) is 6.74. The summed E-state index contributed by atoms with van der Waals surface area (Å²) in [5.41, 5.74) is 2.34. The summed E-state index contributed by atoms with van der Waals surface area (Å²) in [7, 11) is 0. The maximum absolute atomic E-state index is 13.3. The van der Waals surface area contributed by atoms with E-state index >= 15 is 0 Å². The van der Waals surface area contributed by atoms with E-state index in [1.807, 2.05) is 55.5 Å². The molecular formula is C23H25N3O3S. The molecule has 1 N–H and O–H groups in total. The highest BCUT2D eigenvalue weighted by atomic mass is 32.2. The number of aryl methyl sites for hydroxylation is 1. The van der Waals surface area contributed by atoms with Crippen LogP contribution in [0.15, 0.2) is 53.4 Å². The molecule has 156 valence electrons. The number of anilines is 2. The lowest BCUT2D eigenvalue weighted by Crippen LogP contribution is -2.52. The zero-order valence-corrected chi connectivity index (χ0v) is 17.8. The van der Waals surface area contributed by atoms with Crippen molar-refractivity contribution in [1.29, 1.82) is 0 Å². The highest BCUT2D eigenvalue weighted by molar-refractivity contribution is 8.01. The third kappa shape index (κ3) is 4.21. The SMILES string of the molecule is Cc1ccccc1NC(=O)CN1C(=O)[C@@H](C(=O)N2CCCCC2)Sc2ccccc21. The van der Waals surface area contributed by atoms with E-state index in [-0.39, 0.29) is 24.3 Å². The van der Waals surface area contributed by atoms with E-state index in [2.05, 4.69) is 5.32 Å². The van der Waals surface area contributed by atoms with Crippen LogP contribution in [0.25, 0.3) is 0 Å². The van der Waals surface area contributed by atoms with Gasteiger partial charge in [0.25, 0.3) is 5.91 Å². The van der Waals surface area contributed by atoms with Gasteiger partial charge in [-0.2, -0.15) is 0 Å². The van der Waals surface area contributed by atoms with Crippen LogP contribution in [-0.2, 0) is 14.4 Å². The van der Waals surface area contributed by atoms with E-state index in [4.69, 9.17) is 0 Å². The molecule has 3 amide bonds. The van der Waals surface area contributed by atoms with E-state index in [9.17, 15) is 14.4 Å². The lowest BCUT2D eigenvalue weighted by molar-refractivity contribution is -0.135. The molecule has 0 saturated carbocycles. The Morgan fingerprint density at radius 3 is 2.50 bits per heavy atom. The van der Waals surface area contributed by atoms with E-state index in [0.717, 1.165) is 35.4 Å². The number of likely N-dealkylation sites (tertiary alicyclic amines) is 1. The quantitative estimate of drug-likeness (QED) is 0.765. The number of fused-ring (bicyclic) bond motifs is 1. The normalized spacial score (nSPS) is 18.7. The molecule has 2 aliphatic heterocycles. The smallest absolute Gasteiger partial charge is 0.250 e. The van der Waals surface area contributed by atoms with Gasteiger partial charge < -0.3 is 15.1 Å². The molecular weight excluding hydrogens is 398 g/mol. The molecule has 1 saturated heterocycles. The minimum atomic E-state index is -0.843. The van der Waals surface area contributed by atoms with Crippen LogP contribution in [0.1, 0.15) is 24.8 Å². The van der Waals surface area contributed by atoms with Crippen LogP contribution in [0.5, 0.6) is 0 Å². The van der Waals surface area contributed by atoms with Gasteiger partial charge in [-0.3, -0.25) is 14.4 Å². The average Bonchev–Trinajstić information content (AvgIpc) is 2.77. The fraction of sp³-hybridized carbons (Fsp3) is 0.348. The van der Waals surface area contributed by atoms with Gasteiger partial charge in [0, 0.05) is 23.7 Å². The average molecular weight is 424 g/mol. The summed E-state index contributed by atoms with van der Waals surface area (Å²) in [5, 5.41) is 2.04. The summed E-state index contributed by atoms with van der Waals surface area (Å²) in [6, 6.07) is 15.0. The molecule has 2 heterocycles. The zero-order valence-electron chi connectivity index (χ0n) is 17.0. The summed E-state index contributed by atoms with van der Waals surface area (Å²) in [6.45, 7) is 3.17. The molecule has 2 aromatic rings. The number of benzene rings is 2. The topological polar surface area (TPSA) is 69.7 Å². The van der Waals surface area contributed by atoms with Crippen molar-refractivity contribution in [2.75, 3.05) is 29.9 Å². The molecule has 30 heavy (non-hydrogen) atoms. The number of thioether (sulfide) groups is 1. The maximum atomic E-state index is 13.3. The Morgan fingerprint density at radius 1 is 1.03 bits per heavy atom. The van der Waals surface area contributed by atoms with Gasteiger partial charge in [-0.15, -0.1) is 11.8 Å². The number of amides is 3. The van der Waals surface area contributed by atoms with E-state index in [1.165, 1.54) is 16.7 Å². The molecule has 0 radical (unpaired) electrons. The Hall–Kier alpha value is -2.80. The highest BCUT2D eigenvalue weighted by Crippen LogP contribution is 2.40. The Kier molecular flexibility index (Phi) is 6.08. The molecule has 2 aromatic carbocycles. The van der Waals surface area contributed by atoms with Crippen LogP contribution >= 0.6 is 11.8 Å². The van der Waals surface area contributed by atoms with Gasteiger partial charge in [0.1, 0.15) is 6.54 Å². The highest BCUT2D eigenvalue weighted by Gasteiger charge is 2.40. The van der Waals surface area contributed by atoms with E-state index in [0.29, 0.717) is 18.8 Å². The first kappa shape index (κ1) is 20.5. The maximum Gasteiger partial charge on any atom is 0.250 e. The van der Waals surface area contributed by atoms with Crippen LogP contribution in [0.4, 0.5) is 11.4 Å². The predicted octanol–water partition coefficient (Wildman–Crippen LogP) is 3.45. The largest absolute Gasteiger partial charge is 0.341 e. The molecule has 0 unspecified atom stereocenters. The van der Waals surface area contributed by atoms with Crippen molar-refractivity contribution in [3.63, 3.8) is 0 Å². The van der Waals surface area contributed by atoms with Gasteiger partial charge in [0.2, 0.25) is 11.8 Å². The standard InChI is InChI=1S/C23H25N3O3S/c1-16-9-3-4-10-17(16)24-20(27)15-26-18-11-5-6-12-19(18)30-21(23(26)29)22(28)25-13-7-2-8-14-25/h3-6,9-12,21H,2,7-8,13-15H2,1H3,(H,24,27)/t21-/m1/s1. The second-order valence-corrected chi connectivity index (χ2v) is 8.79. The third-order valence-electron chi connectivity index (χ3n) is 5.50. The molecule has 0 aromatic heterocycles. The molecule has 0 aliphatic carbocycles. The lowest BCUT2D eigenvalue weighted by Gasteiger charge is -2.36. The Labute approximate surface area is 180 Å². The lowest BCUT2D eigenvalue weighted by atomic mass is 10.1. The van der Waals surface area contributed by atoms with Crippen LogP contribution in [0.2, 0.25) is 0 Å². The van der Waals surface area contributed by atoms with Gasteiger partial charge in [-0.05, 0) is 49.9 Å².